The van der Waals surface area contributed by atoms with Crippen LogP contribution in [0.1, 0.15) is 88.8 Å². The summed E-state index contributed by atoms with van der Waals surface area (Å²) in [5, 5.41) is 11.8. The number of piperidine rings is 1. The maximum absolute atomic E-state index is 13.7. The van der Waals surface area contributed by atoms with Crippen molar-refractivity contribution < 1.29 is 37.0 Å². The molecule has 3 aliphatic heterocycles. The molecule has 3 atom stereocenters. The summed E-state index contributed by atoms with van der Waals surface area (Å²) in [7, 11) is 0. The number of nitrogens with zero attached hydrogens (tertiary/aromatic N) is 6. The van der Waals surface area contributed by atoms with Crippen molar-refractivity contribution in [2.75, 3.05) is 44.3 Å². The first-order chi connectivity index (χ1) is 26.1. The summed E-state index contributed by atoms with van der Waals surface area (Å²) in [5.74, 6) is -0.865. The predicted octanol–water partition coefficient (Wildman–Crippen LogP) is 5.01. The summed E-state index contributed by atoms with van der Waals surface area (Å²) in [5.41, 5.74) is -1.87. The Balaban J connectivity index is 0.939. The smallest absolute Gasteiger partial charge is 0.417 e. The summed E-state index contributed by atoms with van der Waals surface area (Å²) >= 11 is 5.74. The highest BCUT2D eigenvalue weighted by Crippen LogP contribution is 2.41. The van der Waals surface area contributed by atoms with Crippen molar-refractivity contribution in [1.29, 1.82) is 5.26 Å². The number of aromatic nitrogens is 1. The number of benzene rings is 1. The number of piperazine rings is 1. The minimum absolute atomic E-state index is 0.00154. The molecule has 16 heteroatoms. The second kappa shape index (κ2) is 16.5. The molecule has 6 rings (SSSR count). The van der Waals surface area contributed by atoms with Crippen LogP contribution in [0.3, 0.4) is 0 Å². The van der Waals surface area contributed by atoms with Crippen LogP contribution in [0, 0.1) is 11.3 Å². The van der Waals surface area contributed by atoms with E-state index < -0.39 is 28.7 Å². The van der Waals surface area contributed by atoms with Crippen LogP contribution in [0.5, 0.6) is 5.88 Å². The van der Waals surface area contributed by atoms with E-state index in [0.29, 0.717) is 44.0 Å². The minimum atomic E-state index is -4.75. The molecule has 4 heterocycles. The zero-order valence-corrected chi connectivity index (χ0v) is 32.4. The van der Waals surface area contributed by atoms with Crippen LogP contribution in [-0.4, -0.2) is 112 Å². The number of hydrogen-bond acceptors (Lipinski definition) is 10. The number of rotatable bonds is 11. The standard InChI is InChI=1S/C39H48F3N7O5S/c1-24-22-46(23-25(2)47(24)16-18-54-34-19-26(13-14-44-34)31-11-12-33(50)45-35(31)51)15-17-53-30-9-7-28(8-10-30)49-37(55)48(36(52)38(49,3)4)29-6-5-27(21-43)32(20-29)39(40,41)42/h5-6,13-14,19-20,24-25,28,30-31H,7-12,15-18,22-23H2,1-4H3,(H,45,50,51)/t24-,25+,28-,30-,31?. The van der Waals surface area contributed by atoms with Gasteiger partial charge in [-0.25, -0.2) is 4.98 Å². The molecular weight excluding hydrogens is 736 g/mol. The van der Waals surface area contributed by atoms with Gasteiger partial charge in [-0.1, -0.05) is 0 Å². The molecule has 3 saturated heterocycles. The topological polar surface area (TPSA) is 131 Å². The molecule has 0 bridgehead atoms. The molecule has 1 saturated carbocycles. The lowest BCUT2D eigenvalue weighted by molar-refractivity contribution is -0.138. The average Bonchev–Trinajstić information content (AvgIpc) is 3.31. The maximum Gasteiger partial charge on any atom is 0.417 e. The fourth-order valence-electron chi connectivity index (χ4n) is 8.55. The van der Waals surface area contributed by atoms with E-state index in [1.165, 1.54) is 11.0 Å². The largest absolute Gasteiger partial charge is 0.476 e. The normalized spacial score (nSPS) is 26.6. The summed E-state index contributed by atoms with van der Waals surface area (Å²) in [4.78, 5) is 49.7. The lowest BCUT2D eigenvalue weighted by Crippen LogP contribution is -2.57. The van der Waals surface area contributed by atoms with Gasteiger partial charge in [0.2, 0.25) is 17.7 Å². The highest BCUT2D eigenvalue weighted by molar-refractivity contribution is 7.80. The molecule has 296 valence electrons. The quantitative estimate of drug-likeness (QED) is 0.244. The Morgan fingerprint density at radius 1 is 1.00 bits per heavy atom. The monoisotopic (exact) mass is 783 g/mol. The molecule has 12 nitrogen and oxygen atoms in total. The fourth-order valence-corrected chi connectivity index (χ4v) is 9.12. The third kappa shape index (κ3) is 8.80. The number of ether oxygens (including phenoxy) is 2. The number of anilines is 1. The SMILES string of the molecule is C[C@@H]1CN(CCO[C@H]2CC[C@H](N3C(=S)N(c4ccc(C#N)c(C(F)(F)F)c4)C(=O)C3(C)C)CC2)C[C@H](C)N1CCOc1cc(C2CCC(=O)NC2=O)ccn1. The van der Waals surface area contributed by atoms with E-state index in [1.54, 1.807) is 38.2 Å². The van der Waals surface area contributed by atoms with Gasteiger partial charge in [-0.15, -0.1) is 0 Å². The van der Waals surface area contributed by atoms with E-state index in [1.807, 2.05) is 4.90 Å². The molecule has 4 fully saturated rings. The van der Waals surface area contributed by atoms with E-state index in [9.17, 15) is 32.8 Å². The Morgan fingerprint density at radius 3 is 2.36 bits per heavy atom. The number of hydrogen-bond donors (Lipinski definition) is 1. The van der Waals surface area contributed by atoms with Crippen LogP contribution < -0.4 is 15.0 Å². The maximum atomic E-state index is 13.7. The molecule has 0 spiro atoms. The summed E-state index contributed by atoms with van der Waals surface area (Å²) in [6, 6.07) is 8.92. The Kier molecular flexibility index (Phi) is 12.2. The average molecular weight is 784 g/mol. The molecule has 1 unspecified atom stereocenters. The van der Waals surface area contributed by atoms with Gasteiger partial charge in [-0.2, -0.15) is 18.4 Å². The third-order valence-electron chi connectivity index (χ3n) is 11.4. The molecule has 1 aromatic carbocycles. The number of carbonyl (C=O) groups excluding carboxylic acids is 3. The van der Waals surface area contributed by atoms with Gasteiger partial charge >= 0.3 is 6.18 Å². The zero-order chi connectivity index (χ0) is 39.7. The highest BCUT2D eigenvalue weighted by Gasteiger charge is 2.52. The minimum Gasteiger partial charge on any atom is -0.476 e. The summed E-state index contributed by atoms with van der Waals surface area (Å²) in [6.45, 7) is 12.2. The Labute approximate surface area is 324 Å². The van der Waals surface area contributed by atoms with Gasteiger partial charge in [0.1, 0.15) is 12.1 Å². The van der Waals surface area contributed by atoms with Gasteiger partial charge in [-0.3, -0.25) is 34.4 Å². The number of nitriles is 1. The van der Waals surface area contributed by atoms with Crippen molar-refractivity contribution >= 4 is 40.7 Å². The van der Waals surface area contributed by atoms with Gasteiger partial charge in [0, 0.05) is 63.0 Å². The lowest BCUT2D eigenvalue weighted by Gasteiger charge is -2.44. The van der Waals surface area contributed by atoms with Crippen LogP contribution in [-0.2, 0) is 25.3 Å². The van der Waals surface area contributed by atoms with Crippen LogP contribution in [0.15, 0.2) is 36.5 Å². The molecule has 4 aliphatic rings. The van der Waals surface area contributed by atoms with Crippen LogP contribution >= 0.6 is 12.2 Å². The second-order valence-electron chi connectivity index (χ2n) is 15.5. The number of carbonyl (C=O) groups is 3. The Hall–Kier alpha value is -4.17. The van der Waals surface area contributed by atoms with Crippen molar-refractivity contribution in [3.63, 3.8) is 0 Å². The van der Waals surface area contributed by atoms with E-state index >= 15 is 0 Å². The fraction of sp³-hybridized carbons (Fsp3) is 0.590. The molecule has 2 aromatic rings. The lowest BCUT2D eigenvalue weighted by atomic mass is 9.89. The third-order valence-corrected chi connectivity index (χ3v) is 11.7. The van der Waals surface area contributed by atoms with Crippen LogP contribution in [0.4, 0.5) is 18.9 Å². The van der Waals surface area contributed by atoms with Gasteiger partial charge in [0.05, 0.1) is 41.5 Å². The molecule has 55 heavy (non-hydrogen) atoms. The van der Waals surface area contributed by atoms with Crippen molar-refractivity contribution in [3.8, 4) is 11.9 Å². The van der Waals surface area contributed by atoms with Crippen LogP contribution in [0.25, 0.3) is 0 Å². The number of nitrogens with one attached hydrogen (secondary N) is 1. The number of halogens is 3. The second-order valence-corrected chi connectivity index (χ2v) is 15.8. The van der Waals surface area contributed by atoms with E-state index in [4.69, 9.17) is 21.7 Å². The Bertz CT molecular complexity index is 1820. The van der Waals surface area contributed by atoms with Crippen LogP contribution in [0.2, 0.25) is 0 Å². The number of thiocarbonyl (C=S) groups is 1. The molecule has 3 amide bonds. The first-order valence-electron chi connectivity index (χ1n) is 18.9. The number of imide groups is 1. The predicted molar refractivity (Wildman–Crippen MR) is 201 cm³/mol. The first-order valence-corrected chi connectivity index (χ1v) is 19.3. The molecule has 0 radical (unpaired) electrons. The molecule has 1 aromatic heterocycles. The Morgan fingerprint density at radius 2 is 1.71 bits per heavy atom. The van der Waals surface area contributed by atoms with Gasteiger partial charge in [0.15, 0.2) is 5.11 Å². The van der Waals surface area contributed by atoms with Crippen molar-refractivity contribution in [2.24, 2.45) is 0 Å². The van der Waals surface area contributed by atoms with Gasteiger partial charge in [0.25, 0.3) is 5.91 Å². The number of amides is 3. The van der Waals surface area contributed by atoms with Crippen molar-refractivity contribution in [2.45, 2.75) is 108 Å². The van der Waals surface area contributed by atoms with Crippen molar-refractivity contribution in [3.05, 3.63) is 53.2 Å². The zero-order valence-electron chi connectivity index (χ0n) is 31.6. The number of pyridine rings is 1. The van der Waals surface area contributed by atoms with Gasteiger partial charge in [-0.05, 0) is 102 Å². The van der Waals surface area contributed by atoms with E-state index in [2.05, 4.69) is 33.9 Å². The molecular formula is C39H48F3N7O5S. The molecule has 1 N–H and O–H groups in total. The summed E-state index contributed by atoms with van der Waals surface area (Å²) < 4.78 is 53.5. The van der Waals surface area contributed by atoms with Gasteiger partial charge < -0.3 is 14.4 Å². The summed E-state index contributed by atoms with van der Waals surface area (Å²) in [6.07, 6.45) is 0.716. The van der Waals surface area contributed by atoms with E-state index in [0.717, 1.165) is 69.6 Å². The highest BCUT2D eigenvalue weighted by atomic mass is 32.1. The van der Waals surface area contributed by atoms with Crippen molar-refractivity contribution in [1.82, 2.24) is 25.0 Å². The molecule has 1 aliphatic carbocycles. The first kappa shape index (κ1) is 40.5. The number of alkyl halides is 3. The van der Waals surface area contributed by atoms with E-state index in [-0.39, 0.29) is 40.7 Å².